The molecule has 9 aromatic rings. The summed E-state index contributed by atoms with van der Waals surface area (Å²) in [6, 6.07) is 55.6. The van der Waals surface area contributed by atoms with E-state index in [9.17, 15) is 9.59 Å². The minimum absolute atomic E-state index is 0.0999. The van der Waals surface area contributed by atoms with Gasteiger partial charge in [-0.3, -0.25) is 9.59 Å². The van der Waals surface area contributed by atoms with Crippen molar-refractivity contribution in [2.45, 2.75) is 0 Å². The number of hydrogen-bond donors (Lipinski definition) is 0. The molecule has 0 aliphatic carbocycles. The molecule has 0 aliphatic heterocycles. The number of nitrogens with zero attached hydrogens (tertiary/aromatic N) is 2. The van der Waals surface area contributed by atoms with Gasteiger partial charge in [-0.25, -0.2) is 0 Å². The summed E-state index contributed by atoms with van der Waals surface area (Å²) >= 11 is 0. The topological polar surface area (TPSA) is 44.0 Å². The summed E-state index contributed by atoms with van der Waals surface area (Å²) in [7, 11) is 0. The number of benzene rings is 7. The highest BCUT2D eigenvalue weighted by molar-refractivity contribution is 6.16. The average molecular weight is 617 g/mol. The highest BCUT2D eigenvalue weighted by Gasteiger charge is 2.21. The lowest BCUT2D eigenvalue weighted by molar-refractivity contribution is 0.102. The van der Waals surface area contributed by atoms with E-state index in [1.54, 1.807) is 24.3 Å². The molecule has 0 spiro atoms. The Labute approximate surface area is 276 Å². The van der Waals surface area contributed by atoms with Crippen LogP contribution in [-0.2, 0) is 0 Å². The normalized spacial score (nSPS) is 11.5. The fraction of sp³-hybridized carbons (Fsp3) is 0. The minimum atomic E-state index is -0.0999. The SMILES string of the molecule is O=C(c1ccc(C(=O)c2ccccc2-n2c3ccccc3c3ccccc32)cc1)c1ccccc1-n1c2ccccc2c2ccccc21. The molecule has 0 saturated heterocycles. The van der Waals surface area contributed by atoms with E-state index in [2.05, 4.69) is 57.7 Å². The number of para-hydroxylation sites is 6. The number of fused-ring (bicyclic) bond motifs is 6. The summed E-state index contributed by atoms with van der Waals surface area (Å²) in [5, 5.41) is 4.55. The fourth-order valence-electron chi connectivity index (χ4n) is 7.17. The molecule has 7 aromatic carbocycles. The van der Waals surface area contributed by atoms with Gasteiger partial charge >= 0.3 is 0 Å². The zero-order chi connectivity index (χ0) is 32.2. The lowest BCUT2D eigenvalue weighted by Crippen LogP contribution is -2.10. The van der Waals surface area contributed by atoms with Crippen LogP contribution in [0.2, 0.25) is 0 Å². The quantitative estimate of drug-likeness (QED) is 0.175. The highest BCUT2D eigenvalue weighted by Crippen LogP contribution is 2.35. The maximum absolute atomic E-state index is 14.1. The highest BCUT2D eigenvalue weighted by atomic mass is 16.1. The van der Waals surface area contributed by atoms with Crippen LogP contribution >= 0.6 is 0 Å². The lowest BCUT2D eigenvalue weighted by atomic mass is 9.97. The zero-order valence-electron chi connectivity index (χ0n) is 25.9. The Balaban J connectivity index is 1.10. The number of ketones is 2. The van der Waals surface area contributed by atoms with Crippen LogP contribution in [0, 0.1) is 0 Å². The van der Waals surface area contributed by atoms with Crippen LogP contribution in [0.25, 0.3) is 55.0 Å². The first-order valence-corrected chi connectivity index (χ1v) is 16.0. The van der Waals surface area contributed by atoms with E-state index in [1.807, 2.05) is 97.1 Å². The van der Waals surface area contributed by atoms with Crippen molar-refractivity contribution in [2.75, 3.05) is 0 Å². The van der Waals surface area contributed by atoms with E-state index >= 15 is 0 Å². The molecule has 0 atom stereocenters. The predicted molar refractivity (Wildman–Crippen MR) is 195 cm³/mol. The largest absolute Gasteiger partial charge is 0.308 e. The van der Waals surface area contributed by atoms with Gasteiger partial charge in [-0.05, 0) is 48.5 Å². The van der Waals surface area contributed by atoms with Crippen LogP contribution in [0.1, 0.15) is 31.8 Å². The van der Waals surface area contributed by atoms with Crippen molar-refractivity contribution in [3.63, 3.8) is 0 Å². The number of hydrogen-bond acceptors (Lipinski definition) is 2. The van der Waals surface area contributed by atoms with E-state index in [4.69, 9.17) is 0 Å². The smallest absolute Gasteiger partial charge is 0.195 e. The standard InChI is InChI=1S/C44H28N2O2/c47-43(35-17-5-11-23-41(35)45-37-19-7-1-13-31(37)32-14-2-8-20-38(32)45)29-25-27-30(28-26-29)44(48)36-18-6-12-24-42(36)46-39-21-9-3-15-33(39)34-16-4-10-22-40(34)46/h1-28H. The minimum Gasteiger partial charge on any atom is -0.308 e. The predicted octanol–water partition coefficient (Wildman–Crippen LogP) is 10.3. The number of aromatic nitrogens is 2. The summed E-state index contributed by atoms with van der Waals surface area (Å²) in [5.41, 5.74) is 8.05. The molecule has 4 nitrogen and oxygen atoms in total. The molecule has 0 N–H and O–H groups in total. The maximum Gasteiger partial charge on any atom is 0.195 e. The summed E-state index contributed by atoms with van der Waals surface area (Å²) in [6.45, 7) is 0. The van der Waals surface area contributed by atoms with Gasteiger partial charge in [0.15, 0.2) is 11.6 Å². The first-order valence-electron chi connectivity index (χ1n) is 16.0. The molecule has 0 saturated carbocycles. The molecule has 48 heavy (non-hydrogen) atoms. The Morgan fingerprint density at radius 3 is 0.917 bits per heavy atom. The van der Waals surface area contributed by atoms with Crippen LogP contribution in [0.5, 0.6) is 0 Å². The third-order valence-electron chi connectivity index (χ3n) is 9.35. The van der Waals surface area contributed by atoms with Crippen molar-refractivity contribution in [1.82, 2.24) is 9.13 Å². The monoisotopic (exact) mass is 616 g/mol. The van der Waals surface area contributed by atoms with E-state index < -0.39 is 0 Å². The summed E-state index contributed by atoms with van der Waals surface area (Å²) in [4.78, 5) is 28.3. The van der Waals surface area contributed by atoms with Crippen LogP contribution < -0.4 is 0 Å². The van der Waals surface area contributed by atoms with Crippen molar-refractivity contribution >= 4 is 55.2 Å². The Morgan fingerprint density at radius 2 is 0.583 bits per heavy atom. The van der Waals surface area contributed by atoms with Crippen molar-refractivity contribution in [1.29, 1.82) is 0 Å². The average Bonchev–Trinajstić information content (AvgIpc) is 3.67. The number of rotatable bonds is 6. The second-order valence-electron chi connectivity index (χ2n) is 12.0. The Bertz CT molecular complexity index is 2420. The van der Waals surface area contributed by atoms with Gasteiger partial charge in [0.25, 0.3) is 0 Å². The van der Waals surface area contributed by atoms with Gasteiger partial charge < -0.3 is 9.13 Å². The summed E-state index contributed by atoms with van der Waals surface area (Å²) < 4.78 is 4.34. The van der Waals surface area contributed by atoms with E-state index in [0.29, 0.717) is 22.3 Å². The Hall–Kier alpha value is -6.52. The Morgan fingerprint density at radius 1 is 0.312 bits per heavy atom. The van der Waals surface area contributed by atoms with Crippen molar-refractivity contribution < 1.29 is 9.59 Å². The van der Waals surface area contributed by atoms with Gasteiger partial charge in [-0.15, -0.1) is 0 Å². The van der Waals surface area contributed by atoms with Crippen LogP contribution in [0.3, 0.4) is 0 Å². The molecule has 0 fully saturated rings. The van der Waals surface area contributed by atoms with Gasteiger partial charge in [0, 0.05) is 43.8 Å². The van der Waals surface area contributed by atoms with Gasteiger partial charge in [0.2, 0.25) is 0 Å². The molecule has 2 aromatic heterocycles. The molecule has 4 heteroatoms. The van der Waals surface area contributed by atoms with E-state index in [0.717, 1.165) is 55.0 Å². The molecule has 0 radical (unpaired) electrons. The second kappa shape index (κ2) is 11.1. The van der Waals surface area contributed by atoms with E-state index in [1.165, 1.54) is 0 Å². The zero-order valence-corrected chi connectivity index (χ0v) is 25.9. The number of carbonyl (C=O) groups is 2. The van der Waals surface area contributed by atoms with Gasteiger partial charge in [0.1, 0.15) is 0 Å². The van der Waals surface area contributed by atoms with Crippen LogP contribution in [0.4, 0.5) is 0 Å². The van der Waals surface area contributed by atoms with Crippen molar-refractivity contribution in [3.05, 3.63) is 192 Å². The van der Waals surface area contributed by atoms with Crippen molar-refractivity contribution in [3.8, 4) is 11.4 Å². The maximum atomic E-state index is 14.1. The summed E-state index contributed by atoms with van der Waals surface area (Å²) in [5.74, 6) is -0.200. The second-order valence-corrected chi connectivity index (χ2v) is 12.0. The van der Waals surface area contributed by atoms with Gasteiger partial charge in [-0.1, -0.05) is 121 Å². The molecule has 0 unspecified atom stereocenters. The molecule has 0 bridgehead atoms. The number of carbonyl (C=O) groups excluding carboxylic acids is 2. The molecule has 0 aliphatic rings. The first kappa shape index (κ1) is 27.8. The molecular formula is C44H28N2O2. The summed E-state index contributed by atoms with van der Waals surface area (Å²) in [6.07, 6.45) is 0. The third-order valence-corrected chi connectivity index (χ3v) is 9.35. The molecular weight excluding hydrogens is 588 g/mol. The van der Waals surface area contributed by atoms with Crippen molar-refractivity contribution in [2.24, 2.45) is 0 Å². The molecule has 2 heterocycles. The van der Waals surface area contributed by atoms with Gasteiger partial charge in [0.05, 0.1) is 33.4 Å². The fourth-order valence-corrected chi connectivity index (χ4v) is 7.17. The molecule has 9 rings (SSSR count). The van der Waals surface area contributed by atoms with Gasteiger partial charge in [-0.2, -0.15) is 0 Å². The van der Waals surface area contributed by atoms with Crippen LogP contribution in [0.15, 0.2) is 170 Å². The first-order chi connectivity index (χ1) is 23.7. The third kappa shape index (κ3) is 4.24. The molecule has 0 amide bonds. The molecule has 226 valence electrons. The van der Waals surface area contributed by atoms with E-state index in [-0.39, 0.29) is 11.6 Å². The van der Waals surface area contributed by atoms with Crippen LogP contribution in [-0.4, -0.2) is 20.7 Å². The lowest BCUT2D eigenvalue weighted by Gasteiger charge is -2.14. The Kier molecular flexibility index (Phi) is 6.41.